The van der Waals surface area contributed by atoms with Crippen molar-refractivity contribution in [3.63, 3.8) is 0 Å². The van der Waals surface area contributed by atoms with Gasteiger partial charge in [-0.2, -0.15) is 0 Å². The zero-order valence-corrected chi connectivity index (χ0v) is 12.3. The number of aromatic nitrogens is 1. The molecule has 2 aliphatic heterocycles. The van der Waals surface area contributed by atoms with E-state index in [2.05, 4.69) is 5.43 Å². The van der Waals surface area contributed by atoms with E-state index in [0.29, 0.717) is 32.6 Å². The summed E-state index contributed by atoms with van der Waals surface area (Å²) < 4.78 is 12.1. The third kappa shape index (κ3) is 2.55. The molecule has 1 fully saturated rings. The van der Waals surface area contributed by atoms with E-state index in [1.165, 1.54) is 16.9 Å². The molecular formula is C14H19N3O5. The van der Waals surface area contributed by atoms with Crippen LogP contribution in [-0.4, -0.2) is 59.7 Å². The minimum atomic E-state index is -0.558. The fraction of sp³-hybridized carbons (Fsp3) is 0.571. The summed E-state index contributed by atoms with van der Waals surface area (Å²) in [6, 6.07) is 1.23. The number of piperidine rings is 1. The van der Waals surface area contributed by atoms with Gasteiger partial charge < -0.3 is 24.9 Å². The van der Waals surface area contributed by atoms with Crippen molar-refractivity contribution in [3.05, 3.63) is 28.2 Å². The normalized spacial score (nSPS) is 23.7. The molecule has 0 spiro atoms. The lowest BCUT2D eigenvalue weighted by atomic mass is 10.0. The SMILES string of the molecule is COCCOC1CCN2C(=O)c3c(O)c(=O)ccn3NC2C1. The first kappa shape index (κ1) is 14.9. The highest BCUT2D eigenvalue weighted by Crippen LogP contribution is 2.26. The minimum Gasteiger partial charge on any atom is -0.502 e. The third-order valence-electron chi connectivity index (χ3n) is 4.02. The van der Waals surface area contributed by atoms with Gasteiger partial charge in [-0.05, 0) is 6.42 Å². The van der Waals surface area contributed by atoms with Gasteiger partial charge in [0.05, 0.1) is 19.3 Å². The van der Waals surface area contributed by atoms with Gasteiger partial charge in [0.15, 0.2) is 11.4 Å². The molecule has 120 valence electrons. The number of carbonyl (C=O) groups excluding carboxylic acids is 1. The molecule has 22 heavy (non-hydrogen) atoms. The van der Waals surface area contributed by atoms with E-state index >= 15 is 0 Å². The van der Waals surface area contributed by atoms with E-state index in [-0.39, 0.29) is 23.9 Å². The number of nitrogens with zero attached hydrogens (tertiary/aromatic N) is 2. The van der Waals surface area contributed by atoms with Crippen molar-refractivity contribution in [1.29, 1.82) is 0 Å². The fourth-order valence-electron chi connectivity index (χ4n) is 2.88. The van der Waals surface area contributed by atoms with Crippen LogP contribution in [0.2, 0.25) is 0 Å². The van der Waals surface area contributed by atoms with E-state index < -0.39 is 11.2 Å². The number of aromatic hydroxyl groups is 1. The van der Waals surface area contributed by atoms with E-state index in [0.717, 1.165) is 0 Å². The van der Waals surface area contributed by atoms with Crippen molar-refractivity contribution in [2.24, 2.45) is 0 Å². The number of hydrogen-bond donors (Lipinski definition) is 2. The van der Waals surface area contributed by atoms with Crippen LogP contribution in [0.4, 0.5) is 0 Å². The maximum Gasteiger partial charge on any atom is 0.278 e. The number of carbonyl (C=O) groups is 1. The molecule has 2 aliphatic rings. The van der Waals surface area contributed by atoms with Crippen molar-refractivity contribution >= 4 is 5.91 Å². The monoisotopic (exact) mass is 309 g/mol. The summed E-state index contributed by atoms with van der Waals surface area (Å²) in [5.41, 5.74) is 2.56. The molecule has 8 nitrogen and oxygen atoms in total. The molecule has 0 saturated carbocycles. The van der Waals surface area contributed by atoms with Crippen LogP contribution in [0, 0.1) is 0 Å². The second-order valence-corrected chi connectivity index (χ2v) is 5.40. The zero-order valence-electron chi connectivity index (χ0n) is 12.3. The fourth-order valence-corrected chi connectivity index (χ4v) is 2.88. The Morgan fingerprint density at radius 2 is 2.23 bits per heavy atom. The first-order valence-electron chi connectivity index (χ1n) is 7.24. The molecule has 0 bridgehead atoms. The summed E-state index contributed by atoms with van der Waals surface area (Å²) in [6.45, 7) is 1.57. The van der Waals surface area contributed by atoms with Crippen LogP contribution in [0.1, 0.15) is 23.3 Å². The van der Waals surface area contributed by atoms with E-state index in [1.807, 2.05) is 0 Å². The van der Waals surface area contributed by atoms with E-state index in [9.17, 15) is 14.7 Å². The molecule has 2 unspecified atom stereocenters. The predicted octanol–water partition coefficient (Wildman–Crippen LogP) is -0.295. The first-order valence-corrected chi connectivity index (χ1v) is 7.24. The van der Waals surface area contributed by atoms with E-state index in [4.69, 9.17) is 9.47 Å². The van der Waals surface area contributed by atoms with Crippen molar-refractivity contribution in [1.82, 2.24) is 9.58 Å². The largest absolute Gasteiger partial charge is 0.502 e. The van der Waals surface area contributed by atoms with E-state index in [1.54, 1.807) is 12.0 Å². The molecule has 1 saturated heterocycles. The number of nitrogens with one attached hydrogen (secondary N) is 1. The Labute approximate surface area is 127 Å². The molecule has 3 rings (SSSR count). The average molecular weight is 309 g/mol. The highest BCUT2D eigenvalue weighted by atomic mass is 16.5. The van der Waals surface area contributed by atoms with Gasteiger partial charge >= 0.3 is 0 Å². The van der Waals surface area contributed by atoms with Gasteiger partial charge in [0.1, 0.15) is 6.17 Å². The van der Waals surface area contributed by atoms with Crippen LogP contribution < -0.4 is 10.9 Å². The van der Waals surface area contributed by atoms with Gasteiger partial charge in [-0.1, -0.05) is 0 Å². The second kappa shape index (κ2) is 5.98. The van der Waals surface area contributed by atoms with Crippen molar-refractivity contribution < 1.29 is 19.4 Å². The summed E-state index contributed by atoms with van der Waals surface area (Å²) in [5.74, 6) is -0.855. The van der Waals surface area contributed by atoms with Crippen LogP contribution in [0.15, 0.2) is 17.1 Å². The summed E-state index contributed by atoms with van der Waals surface area (Å²) in [5, 5.41) is 9.84. The Morgan fingerprint density at radius 3 is 3.00 bits per heavy atom. The third-order valence-corrected chi connectivity index (χ3v) is 4.02. The molecule has 2 atom stereocenters. The van der Waals surface area contributed by atoms with Crippen LogP contribution in [0.25, 0.3) is 0 Å². The number of pyridine rings is 1. The maximum atomic E-state index is 12.5. The first-order chi connectivity index (χ1) is 10.6. The van der Waals surface area contributed by atoms with Crippen molar-refractivity contribution in [3.8, 4) is 5.75 Å². The summed E-state index contributed by atoms with van der Waals surface area (Å²) in [7, 11) is 1.62. The molecule has 0 aliphatic carbocycles. The molecular weight excluding hydrogens is 290 g/mol. The average Bonchev–Trinajstić information content (AvgIpc) is 2.51. The van der Waals surface area contributed by atoms with Gasteiger partial charge in [-0.3, -0.25) is 14.3 Å². The number of fused-ring (bicyclic) bond motifs is 2. The van der Waals surface area contributed by atoms with Crippen LogP contribution in [-0.2, 0) is 9.47 Å². The van der Waals surface area contributed by atoms with Crippen molar-refractivity contribution in [2.75, 3.05) is 32.3 Å². The van der Waals surface area contributed by atoms with Gasteiger partial charge in [0, 0.05) is 32.3 Å². The van der Waals surface area contributed by atoms with Gasteiger partial charge in [-0.25, -0.2) is 0 Å². The van der Waals surface area contributed by atoms with Crippen LogP contribution in [0.3, 0.4) is 0 Å². The molecule has 0 radical (unpaired) electrons. The Morgan fingerprint density at radius 1 is 1.41 bits per heavy atom. The molecule has 1 amide bonds. The number of rotatable bonds is 4. The zero-order chi connectivity index (χ0) is 15.7. The highest BCUT2D eigenvalue weighted by Gasteiger charge is 2.38. The molecule has 8 heteroatoms. The standard InChI is InChI=1S/C14H19N3O5/c1-21-6-7-22-9-2-4-16-11(8-9)15-17-5-3-10(18)13(19)12(17)14(16)20/h3,5,9,11,15,19H,2,4,6-8H2,1H3. The Kier molecular flexibility index (Phi) is 4.04. The predicted molar refractivity (Wildman–Crippen MR) is 77.4 cm³/mol. The molecule has 3 heterocycles. The Bertz CT molecular complexity index is 629. The lowest BCUT2D eigenvalue weighted by Gasteiger charge is -2.43. The second-order valence-electron chi connectivity index (χ2n) is 5.40. The lowest BCUT2D eigenvalue weighted by molar-refractivity contribution is -0.0275. The topological polar surface area (TPSA) is 93.0 Å². The number of methoxy groups -OCH3 is 1. The molecule has 1 aromatic heterocycles. The molecule has 0 aromatic carbocycles. The quantitative estimate of drug-likeness (QED) is 0.742. The minimum absolute atomic E-state index is 0.0116. The highest BCUT2D eigenvalue weighted by molar-refractivity contribution is 5.96. The number of ether oxygens (including phenoxy) is 2. The summed E-state index contributed by atoms with van der Waals surface area (Å²) >= 11 is 0. The van der Waals surface area contributed by atoms with Crippen LogP contribution >= 0.6 is 0 Å². The molecule has 1 aromatic rings. The van der Waals surface area contributed by atoms with Gasteiger partial charge in [-0.15, -0.1) is 0 Å². The Balaban J connectivity index is 1.77. The van der Waals surface area contributed by atoms with Gasteiger partial charge in [0.2, 0.25) is 5.43 Å². The number of hydrogen-bond acceptors (Lipinski definition) is 6. The van der Waals surface area contributed by atoms with Gasteiger partial charge in [0.25, 0.3) is 5.91 Å². The maximum absolute atomic E-state index is 12.5. The summed E-state index contributed by atoms with van der Waals surface area (Å²) in [6.07, 6.45) is 2.64. The van der Waals surface area contributed by atoms with Crippen molar-refractivity contribution in [2.45, 2.75) is 25.1 Å². The lowest BCUT2D eigenvalue weighted by Crippen LogP contribution is -2.58. The van der Waals surface area contributed by atoms with Crippen LogP contribution in [0.5, 0.6) is 5.75 Å². The number of amides is 1. The summed E-state index contributed by atoms with van der Waals surface area (Å²) in [4.78, 5) is 25.6. The Hall–Kier alpha value is -2.06. The molecule has 2 N–H and O–H groups in total. The smallest absolute Gasteiger partial charge is 0.278 e.